The highest BCUT2D eigenvalue weighted by atomic mass is 35.5. The van der Waals surface area contributed by atoms with Gasteiger partial charge in [0, 0.05) is 11.1 Å². The van der Waals surface area contributed by atoms with Crippen LogP contribution in [0.25, 0.3) is 0 Å². The molecule has 7 heteroatoms. The summed E-state index contributed by atoms with van der Waals surface area (Å²) in [4.78, 5) is 12.5. The van der Waals surface area contributed by atoms with Crippen molar-refractivity contribution in [3.05, 3.63) is 28.8 Å². The van der Waals surface area contributed by atoms with Crippen molar-refractivity contribution in [2.75, 3.05) is 17.1 Å². The van der Waals surface area contributed by atoms with Crippen LogP contribution in [0.1, 0.15) is 31.2 Å². The van der Waals surface area contributed by atoms with Gasteiger partial charge in [-0.2, -0.15) is 0 Å². The molecule has 0 aliphatic heterocycles. The topological polar surface area (TPSA) is 66.5 Å². The number of hydrogen-bond acceptors (Lipinski definition) is 3. The van der Waals surface area contributed by atoms with Gasteiger partial charge in [0.2, 0.25) is 15.9 Å². The molecule has 24 heavy (non-hydrogen) atoms. The van der Waals surface area contributed by atoms with E-state index in [9.17, 15) is 13.2 Å². The highest BCUT2D eigenvalue weighted by Crippen LogP contribution is 2.44. The fourth-order valence-corrected chi connectivity index (χ4v) is 5.13. The molecule has 1 aromatic carbocycles. The van der Waals surface area contributed by atoms with Gasteiger partial charge in [0.1, 0.15) is 6.54 Å². The molecule has 0 unspecified atom stereocenters. The average molecular weight is 371 g/mol. The molecular weight excluding hydrogens is 348 g/mol. The largest absolute Gasteiger partial charge is 0.352 e. The Hall–Kier alpha value is -1.27. The van der Waals surface area contributed by atoms with Crippen LogP contribution in [-0.2, 0) is 14.8 Å². The van der Waals surface area contributed by atoms with Gasteiger partial charge in [-0.25, -0.2) is 8.42 Å². The summed E-state index contributed by atoms with van der Waals surface area (Å²) in [6.07, 6.45) is 5.74. The molecule has 0 heterocycles. The zero-order chi connectivity index (χ0) is 17.5. The molecule has 2 bridgehead atoms. The molecule has 2 aliphatic rings. The van der Waals surface area contributed by atoms with E-state index in [-0.39, 0.29) is 18.5 Å². The molecule has 2 fully saturated rings. The van der Waals surface area contributed by atoms with E-state index in [1.807, 2.05) is 0 Å². The summed E-state index contributed by atoms with van der Waals surface area (Å²) in [6, 6.07) is 5.26. The molecule has 0 radical (unpaired) electrons. The van der Waals surface area contributed by atoms with Crippen molar-refractivity contribution in [1.82, 2.24) is 5.32 Å². The predicted octanol–water partition coefficient (Wildman–Crippen LogP) is 2.72. The standard InChI is InChI=1S/C17H23ClN2O3S/c1-11-14(18)4-3-5-16(11)20(24(2,22)23)10-17(21)19-15-9-12-6-7-13(15)8-12/h3-5,12-13,15H,6-10H2,1-2H3,(H,19,21)/t12-,13+,15-/m1/s1. The van der Waals surface area contributed by atoms with Gasteiger partial charge in [0.05, 0.1) is 11.9 Å². The maximum absolute atomic E-state index is 12.5. The molecule has 2 aliphatic carbocycles. The first-order valence-corrected chi connectivity index (χ1v) is 10.5. The minimum absolute atomic E-state index is 0.193. The Morgan fingerprint density at radius 1 is 1.33 bits per heavy atom. The predicted molar refractivity (Wildman–Crippen MR) is 95.8 cm³/mol. The maximum atomic E-state index is 12.5. The Kier molecular flexibility index (Phi) is 4.80. The van der Waals surface area contributed by atoms with E-state index < -0.39 is 10.0 Å². The van der Waals surface area contributed by atoms with Gasteiger partial charge < -0.3 is 5.32 Å². The van der Waals surface area contributed by atoms with E-state index in [2.05, 4.69) is 5.32 Å². The number of anilines is 1. The zero-order valence-electron chi connectivity index (χ0n) is 14.0. The number of sulfonamides is 1. The lowest BCUT2D eigenvalue weighted by molar-refractivity contribution is -0.120. The molecule has 1 N–H and O–H groups in total. The van der Waals surface area contributed by atoms with Crippen LogP contribution in [0.4, 0.5) is 5.69 Å². The molecule has 5 nitrogen and oxygen atoms in total. The normalized spacial score (nSPS) is 25.7. The number of nitrogens with one attached hydrogen (secondary N) is 1. The molecule has 1 amide bonds. The van der Waals surface area contributed by atoms with E-state index in [0.29, 0.717) is 22.2 Å². The summed E-state index contributed by atoms with van der Waals surface area (Å²) in [7, 11) is -3.58. The van der Waals surface area contributed by atoms with E-state index >= 15 is 0 Å². The molecule has 0 saturated heterocycles. The summed E-state index contributed by atoms with van der Waals surface area (Å²) in [5.41, 5.74) is 1.10. The first-order chi connectivity index (χ1) is 11.3. The minimum Gasteiger partial charge on any atom is -0.352 e. The molecule has 0 aromatic heterocycles. The summed E-state index contributed by atoms with van der Waals surface area (Å²) < 4.78 is 25.5. The summed E-state index contributed by atoms with van der Waals surface area (Å²) in [5, 5.41) is 3.52. The Bertz CT molecular complexity index is 750. The van der Waals surface area contributed by atoms with Crippen molar-refractivity contribution in [3.63, 3.8) is 0 Å². The van der Waals surface area contributed by atoms with Gasteiger partial charge in [-0.05, 0) is 55.7 Å². The Labute approximate surface area is 148 Å². The number of fused-ring (bicyclic) bond motifs is 2. The van der Waals surface area contributed by atoms with Crippen molar-refractivity contribution >= 4 is 33.2 Å². The van der Waals surface area contributed by atoms with E-state index in [1.165, 1.54) is 19.3 Å². The van der Waals surface area contributed by atoms with Gasteiger partial charge in [0.15, 0.2) is 0 Å². The summed E-state index contributed by atoms with van der Waals surface area (Å²) in [5.74, 6) is 1.03. The third-order valence-corrected chi connectivity index (χ3v) is 6.82. The van der Waals surface area contributed by atoms with E-state index in [1.54, 1.807) is 25.1 Å². The third-order valence-electron chi connectivity index (χ3n) is 5.28. The average Bonchev–Trinajstić information content (AvgIpc) is 3.09. The van der Waals surface area contributed by atoms with Crippen molar-refractivity contribution in [2.24, 2.45) is 11.8 Å². The lowest BCUT2D eigenvalue weighted by Crippen LogP contribution is -2.45. The number of carbonyl (C=O) groups excluding carboxylic acids is 1. The van der Waals surface area contributed by atoms with Gasteiger partial charge in [-0.1, -0.05) is 24.1 Å². The van der Waals surface area contributed by atoms with Crippen LogP contribution < -0.4 is 9.62 Å². The molecular formula is C17H23ClN2O3S. The first-order valence-electron chi connectivity index (χ1n) is 8.28. The summed E-state index contributed by atoms with van der Waals surface area (Å²) >= 11 is 6.10. The van der Waals surface area contributed by atoms with Crippen LogP contribution in [0, 0.1) is 18.8 Å². The van der Waals surface area contributed by atoms with Gasteiger partial charge in [-0.15, -0.1) is 0 Å². The summed E-state index contributed by atoms with van der Waals surface area (Å²) in [6.45, 7) is 1.54. The molecule has 132 valence electrons. The number of amides is 1. The van der Waals surface area contributed by atoms with Crippen LogP contribution in [0.3, 0.4) is 0 Å². The lowest BCUT2D eigenvalue weighted by Gasteiger charge is -2.27. The second-order valence-corrected chi connectivity index (χ2v) is 9.32. The maximum Gasteiger partial charge on any atom is 0.241 e. The monoisotopic (exact) mass is 370 g/mol. The Balaban J connectivity index is 1.75. The van der Waals surface area contributed by atoms with Gasteiger partial charge in [0.25, 0.3) is 0 Å². The zero-order valence-corrected chi connectivity index (χ0v) is 15.5. The van der Waals surface area contributed by atoms with Gasteiger partial charge in [-0.3, -0.25) is 9.10 Å². The van der Waals surface area contributed by atoms with Crippen LogP contribution in [-0.4, -0.2) is 33.2 Å². The Morgan fingerprint density at radius 3 is 2.67 bits per heavy atom. The SMILES string of the molecule is Cc1c(Cl)cccc1N(CC(=O)N[C@@H]1C[C@@H]2CC[C@H]1C2)S(C)(=O)=O. The van der Waals surface area contributed by atoms with Crippen molar-refractivity contribution in [3.8, 4) is 0 Å². The fourth-order valence-electron chi connectivity index (χ4n) is 4.05. The Morgan fingerprint density at radius 2 is 2.08 bits per heavy atom. The molecule has 1 aromatic rings. The number of rotatable bonds is 5. The minimum atomic E-state index is -3.58. The van der Waals surface area contributed by atoms with E-state index in [4.69, 9.17) is 11.6 Å². The van der Waals surface area contributed by atoms with E-state index in [0.717, 1.165) is 22.9 Å². The fraction of sp³-hybridized carbons (Fsp3) is 0.588. The third kappa shape index (κ3) is 3.54. The first kappa shape index (κ1) is 17.5. The molecule has 0 spiro atoms. The molecule has 2 saturated carbocycles. The number of hydrogen-bond donors (Lipinski definition) is 1. The highest BCUT2D eigenvalue weighted by molar-refractivity contribution is 7.92. The number of nitrogens with zero attached hydrogens (tertiary/aromatic N) is 1. The van der Waals surface area contributed by atoms with Crippen molar-refractivity contribution in [2.45, 2.75) is 38.6 Å². The second-order valence-electron chi connectivity index (χ2n) is 7.00. The number of carbonyl (C=O) groups is 1. The molecule has 3 atom stereocenters. The van der Waals surface area contributed by atoms with Crippen LogP contribution in [0.15, 0.2) is 18.2 Å². The van der Waals surface area contributed by atoms with Crippen LogP contribution in [0.2, 0.25) is 5.02 Å². The lowest BCUT2D eigenvalue weighted by atomic mass is 9.95. The van der Waals surface area contributed by atoms with Crippen LogP contribution in [0.5, 0.6) is 0 Å². The molecule has 3 rings (SSSR count). The van der Waals surface area contributed by atoms with Crippen molar-refractivity contribution in [1.29, 1.82) is 0 Å². The van der Waals surface area contributed by atoms with Gasteiger partial charge >= 0.3 is 0 Å². The smallest absolute Gasteiger partial charge is 0.241 e. The second kappa shape index (κ2) is 6.56. The highest BCUT2D eigenvalue weighted by Gasteiger charge is 2.40. The quantitative estimate of drug-likeness (QED) is 0.866. The van der Waals surface area contributed by atoms with Crippen molar-refractivity contribution < 1.29 is 13.2 Å². The number of halogens is 1. The van der Waals surface area contributed by atoms with Crippen LogP contribution >= 0.6 is 11.6 Å². The number of benzene rings is 1.